The first-order valence-electron chi connectivity index (χ1n) is 10.8. The van der Waals surface area contributed by atoms with Crippen molar-refractivity contribution in [3.63, 3.8) is 0 Å². The zero-order valence-corrected chi connectivity index (χ0v) is 21.1. The average molecular weight is 503 g/mol. The first-order chi connectivity index (χ1) is 15.4. The minimum Gasteiger partial charge on any atom is -0.507 e. The number of nitrogens with zero attached hydrogens (tertiary/aromatic N) is 7. The number of benzene rings is 1. The van der Waals surface area contributed by atoms with E-state index in [2.05, 4.69) is 49.3 Å². The molecule has 9 nitrogen and oxygen atoms in total. The molecular weight excluding hydrogens is 475 g/mol. The van der Waals surface area contributed by atoms with Gasteiger partial charge in [0.15, 0.2) is 5.65 Å². The molecule has 0 bridgehead atoms. The van der Waals surface area contributed by atoms with Gasteiger partial charge in [0.25, 0.3) is 0 Å². The summed E-state index contributed by atoms with van der Waals surface area (Å²) in [6.45, 7) is 9.90. The lowest BCUT2D eigenvalue weighted by atomic mass is 10.0. The number of aromatic hydroxyl groups is 1. The van der Waals surface area contributed by atoms with Crippen LogP contribution in [0, 0.1) is 13.8 Å². The molecule has 180 valence electrons. The molecule has 2 N–H and O–H groups in total. The van der Waals surface area contributed by atoms with Crippen molar-refractivity contribution in [2.45, 2.75) is 39.8 Å². The minimum absolute atomic E-state index is 0. The maximum Gasteiger partial charge on any atom is 0.245 e. The minimum atomic E-state index is 0. The molecule has 0 amide bonds. The average Bonchev–Trinajstić information content (AvgIpc) is 3.14. The monoisotopic (exact) mass is 502 g/mol. The van der Waals surface area contributed by atoms with Gasteiger partial charge in [-0.3, -0.25) is 0 Å². The highest BCUT2D eigenvalue weighted by Gasteiger charge is 2.23. The molecule has 34 heavy (non-hydrogen) atoms. The van der Waals surface area contributed by atoms with Gasteiger partial charge in [0.2, 0.25) is 5.95 Å². The Balaban J connectivity index is 0.00000162. The van der Waals surface area contributed by atoms with Crippen molar-refractivity contribution in [2.75, 3.05) is 18.0 Å². The zero-order chi connectivity index (χ0) is 22.4. The van der Waals surface area contributed by atoms with Crippen LogP contribution < -0.4 is 10.2 Å². The fourth-order valence-electron chi connectivity index (χ4n) is 4.32. The van der Waals surface area contributed by atoms with E-state index >= 15 is 0 Å². The highest BCUT2D eigenvalue weighted by molar-refractivity contribution is 5.85. The van der Waals surface area contributed by atoms with E-state index in [0.717, 1.165) is 41.3 Å². The summed E-state index contributed by atoms with van der Waals surface area (Å²) >= 11 is 0. The van der Waals surface area contributed by atoms with Crippen LogP contribution in [0.15, 0.2) is 36.7 Å². The van der Waals surface area contributed by atoms with Crippen LogP contribution in [0.5, 0.6) is 5.75 Å². The van der Waals surface area contributed by atoms with E-state index in [9.17, 15) is 5.11 Å². The van der Waals surface area contributed by atoms with Crippen molar-refractivity contribution in [3.8, 4) is 28.3 Å². The summed E-state index contributed by atoms with van der Waals surface area (Å²) in [5, 5.41) is 27.5. The third-order valence-electron chi connectivity index (χ3n) is 5.69. The van der Waals surface area contributed by atoms with Crippen LogP contribution in [0.2, 0.25) is 0 Å². The van der Waals surface area contributed by atoms with Crippen LogP contribution in [-0.4, -0.2) is 60.1 Å². The Kier molecular flexibility index (Phi) is 7.60. The summed E-state index contributed by atoms with van der Waals surface area (Å²) in [6.07, 6.45) is 3.56. The van der Waals surface area contributed by atoms with Crippen molar-refractivity contribution in [1.82, 2.24) is 35.1 Å². The van der Waals surface area contributed by atoms with Gasteiger partial charge in [0.1, 0.15) is 11.4 Å². The van der Waals surface area contributed by atoms with Crippen molar-refractivity contribution in [3.05, 3.63) is 47.9 Å². The number of halogens is 2. The molecule has 4 heterocycles. The molecule has 0 radical (unpaired) electrons. The number of phenols is 1. The predicted octanol–water partition coefficient (Wildman–Crippen LogP) is 3.60. The molecule has 11 heteroatoms. The molecule has 3 aromatic heterocycles. The summed E-state index contributed by atoms with van der Waals surface area (Å²) in [6, 6.07) is 8.14. The van der Waals surface area contributed by atoms with E-state index in [1.54, 1.807) is 16.8 Å². The summed E-state index contributed by atoms with van der Waals surface area (Å²) in [5.74, 6) is 0.714. The zero-order valence-electron chi connectivity index (χ0n) is 19.4. The SMILES string of the molecule is Cc1cn2nc(-c3ccc(-c4cnc(N5C[C@@H](C)N[C@@H](C)C5)nn4)c(O)c3)cc(C)c2n1.Cl.Cl. The maximum absolute atomic E-state index is 10.7. The Labute approximate surface area is 210 Å². The van der Waals surface area contributed by atoms with Crippen LogP contribution in [0.4, 0.5) is 5.95 Å². The van der Waals surface area contributed by atoms with Crippen molar-refractivity contribution < 1.29 is 5.11 Å². The molecule has 1 saturated heterocycles. The molecule has 0 aliphatic carbocycles. The summed E-state index contributed by atoms with van der Waals surface area (Å²) < 4.78 is 1.77. The van der Waals surface area contributed by atoms with Crippen LogP contribution >= 0.6 is 24.8 Å². The first kappa shape index (κ1) is 25.6. The second-order valence-electron chi connectivity index (χ2n) is 8.61. The van der Waals surface area contributed by atoms with Crippen LogP contribution in [-0.2, 0) is 0 Å². The van der Waals surface area contributed by atoms with Gasteiger partial charge in [-0.25, -0.2) is 14.5 Å². The lowest BCUT2D eigenvalue weighted by Crippen LogP contribution is -2.54. The van der Waals surface area contributed by atoms with E-state index < -0.39 is 0 Å². The summed E-state index contributed by atoms with van der Waals surface area (Å²) in [7, 11) is 0. The maximum atomic E-state index is 10.7. The molecule has 5 rings (SSSR count). The van der Waals surface area contributed by atoms with Gasteiger partial charge in [-0.2, -0.15) is 5.10 Å². The number of phenolic OH excluding ortho intramolecular Hbond substituents is 1. The molecule has 4 aromatic rings. The number of hydrogen-bond acceptors (Lipinski definition) is 8. The Morgan fingerprint density at radius 1 is 1.00 bits per heavy atom. The second kappa shape index (κ2) is 10.1. The molecular formula is C23H28Cl2N8O. The van der Waals surface area contributed by atoms with Crippen LogP contribution in [0.1, 0.15) is 25.1 Å². The van der Waals surface area contributed by atoms with Crippen molar-refractivity contribution in [2.24, 2.45) is 0 Å². The summed E-state index contributed by atoms with van der Waals surface area (Å²) in [5.41, 5.74) is 5.45. The number of anilines is 1. The van der Waals surface area contributed by atoms with Gasteiger partial charge < -0.3 is 15.3 Å². The normalized spacial score (nSPS) is 17.8. The van der Waals surface area contributed by atoms with Crippen molar-refractivity contribution >= 4 is 36.4 Å². The number of fused-ring (bicyclic) bond motifs is 1. The van der Waals surface area contributed by atoms with Crippen LogP contribution in [0.25, 0.3) is 28.2 Å². The largest absolute Gasteiger partial charge is 0.507 e. The highest BCUT2D eigenvalue weighted by atomic mass is 35.5. The molecule has 0 spiro atoms. The van der Waals surface area contributed by atoms with Gasteiger partial charge in [-0.15, -0.1) is 35.0 Å². The fraction of sp³-hybridized carbons (Fsp3) is 0.348. The number of nitrogens with one attached hydrogen (secondary N) is 1. The number of aryl methyl sites for hydroxylation is 2. The fourth-order valence-corrected chi connectivity index (χ4v) is 4.32. The van der Waals surface area contributed by atoms with E-state index in [4.69, 9.17) is 0 Å². The number of rotatable bonds is 3. The first-order valence-corrected chi connectivity index (χ1v) is 10.8. The van der Waals surface area contributed by atoms with Gasteiger partial charge in [-0.05, 0) is 51.5 Å². The summed E-state index contributed by atoms with van der Waals surface area (Å²) in [4.78, 5) is 11.1. The van der Waals surface area contributed by atoms with E-state index in [-0.39, 0.29) is 30.6 Å². The smallest absolute Gasteiger partial charge is 0.245 e. The molecule has 0 unspecified atom stereocenters. The van der Waals surface area contributed by atoms with Gasteiger partial charge in [0, 0.05) is 36.3 Å². The Hall–Kier alpha value is -3.01. The quantitative estimate of drug-likeness (QED) is 0.437. The molecule has 0 saturated carbocycles. The molecule has 1 aliphatic heterocycles. The lowest BCUT2D eigenvalue weighted by molar-refractivity contribution is 0.402. The van der Waals surface area contributed by atoms with Crippen molar-refractivity contribution in [1.29, 1.82) is 0 Å². The Bertz CT molecular complexity index is 1280. The number of piperazine rings is 1. The number of aromatic nitrogens is 6. The second-order valence-corrected chi connectivity index (χ2v) is 8.61. The van der Waals surface area contributed by atoms with Gasteiger partial charge >= 0.3 is 0 Å². The Morgan fingerprint density at radius 3 is 2.38 bits per heavy atom. The topological polar surface area (TPSA) is 104 Å². The predicted molar refractivity (Wildman–Crippen MR) is 137 cm³/mol. The molecule has 1 aliphatic rings. The molecule has 1 fully saturated rings. The molecule has 2 atom stereocenters. The van der Waals surface area contributed by atoms with Gasteiger partial charge in [-0.1, -0.05) is 6.07 Å². The third kappa shape index (κ3) is 4.91. The van der Waals surface area contributed by atoms with E-state index in [1.165, 1.54) is 0 Å². The lowest BCUT2D eigenvalue weighted by Gasteiger charge is -2.35. The van der Waals surface area contributed by atoms with Crippen LogP contribution in [0.3, 0.4) is 0 Å². The number of hydrogen-bond donors (Lipinski definition) is 2. The molecule has 1 aromatic carbocycles. The number of imidazole rings is 1. The standard InChI is InChI=1S/C23H26N8O.2ClH/c1-13-7-19(29-31-12-16(4)26-22(13)31)17-5-6-18(21(32)8-17)20-9-24-23(28-27-20)30-10-14(2)25-15(3)11-30;;/h5-9,12,14-15,25,32H,10-11H2,1-4H3;2*1H/t14-,15+;;. The third-order valence-corrected chi connectivity index (χ3v) is 5.69. The van der Waals surface area contributed by atoms with E-state index in [1.807, 2.05) is 38.2 Å². The highest BCUT2D eigenvalue weighted by Crippen LogP contribution is 2.32. The Morgan fingerprint density at radius 2 is 1.74 bits per heavy atom. The van der Waals surface area contributed by atoms with Gasteiger partial charge in [0.05, 0.1) is 23.8 Å². The van der Waals surface area contributed by atoms with E-state index in [0.29, 0.717) is 29.3 Å².